The van der Waals surface area contributed by atoms with Crippen molar-refractivity contribution in [1.82, 2.24) is 19.9 Å². The Bertz CT molecular complexity index is 1180. The van der Waals surface area contributed by atoms with E-state index in [0.29, 0.717) is 23.3 Å². The zero-order valence-electron chi connectivity index (χ0n) is 17.2. The predicted octanol–water partition coefficient (Wildman–Crippen LogP) is 2.81. The molecule has 1 aliphatic rings. The van der Waals surface area contributed by atoms with Gasteiger partial charge in [-0.3, -0.25) is 14.7 Å². The number of aryl methyl sites for hydroxylation is 4. The molecule has 8 heteroatoms. The van der Waals surface area contributed by atoms with Gasteiger partial charge in [-0.15, -0.1) is 11.3 Å². The lowest BCUT2D eigenvalue weighted by Gasteiger charge is -2.36. The molecule has 3 aromatic rings. The summed E-state index contributed by atoms with van der Waals surface area (Å²) in [7, 11) is 0. The number of H-pyrrole nitrogens is 1. The Labute approximate surface area is 173 Å². The fourth-order valence-electron chi connectivity index (χ4n) is 3.93. The van der Waals surface area contributed by atoms with Gasteiger partial charge in [0.25, 0.3) is 5.56 Å². The minimum absolute atomic E-state index is 0.0492. The number of hydrogen-bond donors (Lipinski definition) is 1. The maximum atomic E-state index is 12.5. The van der Waals surface area contributed by atoms with Gasteiger partial charge >= 0.3 is 0 Å². The first-order valence-electron chi connectivity index (χ1n) is 9.72. The molecule has 1 saturated heterocycles. The number of nitriles is 1. The summed E-state index contributed by atoms with van der Waals surface area (Å²) in [6.07, 6.45) is 0. The van der Waals surface area contributed by atoms with Crippen LogP contribution in [0.5, 0.6) is 0 Å². The van der Waals surface area contributed by atoms with Crippen LogP contribution in [0.3, 0.4) is 0 Å². The molecule has 0 spiro atoms. The van der Waals surface area contributed by atoms with Crippen molar-refractivity contribution >= 4 is 27.2 Å². The largest absolute Gasteiger partial charge is 0.368 e. The van der Waals surface area contributed by atoms with Gasteiger partial charge in [0, 0.05) is 36.8 Å². The van der Waals surface area contributed by atoms with Crippen molar-refractivity contribution in [2.45, 2.75) is 34.2 Å². The van der Waals surface area contributed by atoms with Crippen molar-refractivity contribution in [3.8, 4) is 6.07 Å². The Morgan fingerprint density at radius 2 is 1.90 bits per heavy atom. The lowest BCUT2D eigenvalue weighted by Crippen LogP contribution is -2.46. The van der Waals surface area contributed by atoms with Crippen LogP contribution in [0, 0.1) is 39.0 Å². The molecule has 29 heavy (non-hydrogen) atoms. The monoisotopic (exact) mass is 408 g/mol. The van der Waals surface area contributed by atoms with E-state index in [4.69, 9.17) is 4.98 Å². The summed E-state index contributed by atoms with van der Waals surface area (Å²) in [5.74, 6) is 0.713. The van der Waals surface area contributed by atoms with Crippen molar-refractivity contribution in [2.24, 2.45) is 0 Å². The molecule has 7 nitrogen and oxygen atoms in total. The highest BCUT2D eigenvalue weighted by Crippen LogP contribution is 2.27. The molecular formula is C21H24N6OS. The Morgan fingerprint density at radius 1 is 1.17 bits per heavy atom. The molecule has 0 atom stereocenters. The number of fused-ring (bicyclic) bond motifs is 1. The van der Waals surface area contributed by atoms with Gasteiger partial charge in [0.2, 0.25) is 0 Å². The third-order valence-electron chi connectivity index (χ3n) is 5.59. The quantitative estimate of drug-likeness (QED) is 0.717. The van der Waals surface area contributed by atoms with Crippen LogP contribution < -0.4 is 10.5 Å². The standard InChI is InChI=1S/C21H24N6OS/c1-12-9-17(16(10-22)14(3)23-12)27-7-5-26(6-8-27)11-18-24-20(28)19-13(2)15(4)29-21(19)25-18/h9H,5-8,11H2,1-4H3,(H,24,25,28). The lowest BCUT2D eigenvalue weighted by molar-refractivity contribution is 0.244. The Morgan fingerprint density at radius 3 is 2.59 bits per heavy atom. The van der Waals surface area contributed by atoms with Gasteiger partial charge in [0.1, 0.15) is 16.7 Å². The maximum absolute atomic E-state index is 12.5. The maximum Gasteiger partial charge on any atom is 0.259 e. The molecular weight excluding hydrogens is 384 g/mol. The molecule has 0 aromatic carbocycles. The van der Waals surface area contributed by atoms with Crippen LogP contribution in [-0.2, 0) is 6.54 Å². The highest BCUT2D eigenvalue weighted by Gasteiger charge is 2.22. The fourth-order valence-corrected chi connectivity index (χ4v) is 4.98. The molecule has 4 heterocycles. The van der Waals surface area contributed by atoms with Gasteiger partial charge in [-0.25, -0.2) is 4.98 Å². The summed E-state index contributed by atoms with van der Waals surface area (Å²) in [5.41, 5.74) is 4.30. The van der Waals surface area contributed by atoms with Crippen LogP contribution >= 0.6 is 11.3 Å². The first kappa shape index (κ1) is 19.6. The highest BCUT2D eigenvalue weighted by molar-refractivity contribution is 7.18. The molecule has 0 unspecified atom stereocenters. The fraction of sp³-hybridized carbons (Fsp3) is 0.429. The van der Waals surface area contributed by atoms with Crippen LogP contribution in [0.1, 0.15) is 33.2 Å². The van der Waals surface area contributed by atoms with Crippen LogP contribution in [0.2, 0.25) is 0 Å². The van der Waals surface area contributed by atoms with E-state index >= 15 is 0 Å². The van der Waals surface area contributed by atoms with Gasteiger partial charge in [0.05, 0.1) is 28.9 Å². The normalized spacial score (nSPS) is 15.1. The number of pyridine rings is 1. The summed E-state index contributed by atoms with van der Waals surface area (Å²) in [6, 6.07) is 4.30. The molecule has 1 N–H and O–H groups in total. The Kier molecular flexibility index (Phi) is 5.11. The average Bonchev–Trinajstić information content (AvgIpc) is 2.96. The van der Waals surface area contributed by atoms with E-state index in [1.54, 1.807) is 11.3 Å². The zero-order valence-corrected chi connectivity index (χ0v) is 18.0. The van der Waals surface area contributed by atoms with Gasteiger partial charge in [-0.2, -0.15) is 5.26 Å². The zero-order chi connectivity index (χ0) is 20.7. The predicted molar refractivity (Wildman–Crippen MR) is 116 cm³/mol. The molecule has 4 rings (SSSR count). The molecule has 150 valence electrons. The Balaban J connectivity index is 1.49. The molecule has 1 fully saturated rings. The van der Waals surface area contributed by atoms with E-state index in [-0.39, 0.29) is 5.56 Å². The third-order valence-corrected chi connectivity index (χ3v) is 6.70. The molecule has 0 radical (unpaired) electrons. The third kappa shape index (κ3) is 3.63. The molecule has 0 bridgehead atoms. The SMILES string of the molecule is Cc1cc(N2CCN(Cc3nc4sc(C)c(C)c4c(=O)[nH]3)CC2)c(C#N)c(C)n1. The number of nitrogens with zero attached hydrogens (tertiary/aromatic N) is 5. The number of piperazine rings is 1. The molecule has 0 aliphatic carbocycles. The van der Waals surface area contributed by atoms with E-state index in [1.807, 2.05) is 33.8 Å². The average molecular weight is 409 g/mol. The summed E-state index contributed by atoms with van der Waals surface area (Å²) in [6.45, 7) is 11.8. The molecule has 3 aromatic heterocycles. The van der Waals surface area contributed by atoms with Crippen molar-refractivity contribution < 1.29 is 0 Å². The number of anilines is 1. The second-order valence-corrected chi connectivity index (χ2v) is 8.80. The summed E-state index contributed by atoms with van der Waals surface area (Å²) in [4.78, 5) is 31.1. The number of aromatic amines is 1. The molecule has 0 saturated carbocycles. The summed E-state index contributed by atoms with van der Waals surface area (Å²) < 4.78 is 0. The van der Waals surface area contributed by atoms with E-state index in [9.17, 15) is 10.1 Å². The van der Waals surface area contributed by atoms with Crippen molar-refractivity contribution in [2.75, 3.05) is 31.1 Å². The number of thiophene rings is 1. The minimum Gasteiger partial charge on any atom is -0.368 e. The van der Waals surface area contributed by atoms with Crippen LogP contribution in [-0.4, -0.2) is 46.0 Å². The second kappa shape index (κ2) is 7.58. The van der Waals surface area contributed by atoms with Crippen molar-refractivity contribution in [3.05, 3.63) is 49.6 Å². The minimum atomic E-state index is -0.0492. The highest BCUT2D eigenvalue weighted by atomic mass is 32.1. The van der Waals surface area contributed by atoms with Gasteiger partial charge in [-0.05, 0) is 39.3 Å². The first-order valence-corrected chi connectivity index (χ1v) is 10.5. The van der Waals surface area contributed by atoms with Crippen molar-refractivity contribution in [1.29, 1.82) is 5.26 Å². The number of rotatable bonds is 3. The topological polar surface area (TPSA) is 88.9 Å². The Hall–Kier alpha value is -2.76. The molecule has 0 amide bonds. The van der Waals surface area contributed by atoms with Gasteiger partial charge in [-0.1, -0.05) is 0 Å². The van der Waals surface area contributed by atoms with E-state index in [2.05, 4.69) is 25.8 Å². The first-order chi connectivity index (χ1) is 13.9. The van der Waals surface area contributed by atoms with E-state index < -0.39 is 0 Å². The second-order valence-electron chi connectivity index (χ2n) is 7.59. The summed E-state index contributed by atoms with van der Waals surface area (Å²) in [5, 5.41) is 10.2. The van der Waals surface area contributed by atoms with E-state index in [1.165, 1.54) is 0 Å². The number of nitrogens with one attached hydrogen (secondary N) is 1. The van der Waals surface area contributed by atoms with Crippen LogP contribution in [0.15, 0.2) is 10.9 Å². The summed E-state index contributed by atoms with van der Waals surface area (Å²) >= 11 is 1.58. The molecule has 1 aliphatic heterocycles. The smallest absolute Gasteiger partial charge is 0.259 e. The number of aromatic nitrogens is 3. The lowest BCUT2D eigenvalue weighted by atomic mass is 10.1. The van der Waals surface area contributed by atoms with E-state index in [0.717, 1.165) is 58.5 Å². The van der Waals surface area contributed by atoms with Gasteiger partial charge < -0.3 is 9.88 Å². The van der Waals surface area contributed by atoms with Crippen LogP contribution in [0.25, 0.3) is 10.2 Å². The van der Waals surface area contributed by atoms with Gasteiger partial charge in [0.15, 0.2) is 0 Å². The number of hydrogen-bond acceptors (Lipinski definition) is 7. The van der Waals surface area contributed by atoms with Crippen LogP contribution in [0.4, 0.5) is 5.69 Å². The van der Waals surface area contributed by atoms with Crippen molar-refractivity contribution in [3.63, 3.8) is 0 Å².